The van der Waals surface area contributed by atoms with Crippen molar-refractivity contribution in [2.24, 2.45) is 11.5 Å². The van der Waals surface area contributed by atoms with Gasteiger partial charge >= 0.3 is 0 Å². The molecular weight excluding hydrogens is 244 g/mol. The highest BCUT2D eigenvalue weighted by Gasteiger charge is 2.24. The lowest BCUT2D eigenvalue weighted by Crippen LogP contribution is -2.49. The van der Waals surface area contributed by atoms with Crippen LogP contribution in [-0.2, 0) is 4.79 Å². The van der Waals surface area contributed by atoms with Crippen molar-refractivity contribution < 1.29 is 4.79 Å². The SMILES string of the molecule is Cc1ccc(SCCCC(C)(N)C(N)=O)c(C)c1. The summed E-state index contributed by atoms with van der Waals surface area (Å²) in [6.45, 7) is 5.90. The molecule has 4 heteroatoms. The van der Waals surface area contributed by atoms with Crippen LogP contribution in [0.25, 0.3) is 0 Å². The minimum Gasteiger partial charge on any atom is -0.368 e. The van der Waals surface area contributed by atoms with Crippen molar-refractivity contribution in [2.45, 2.75) is 44.0 Å². The number of rotatable bonds is 6. The van der Waals surface area contributed by atoms with Crippen molar-refractivity contribution in [3.05, 3.63) is 29.3 Å². The van der Waals surface area contributed by atoms with Crippen molar-refractivity contribution in [3.8, 4) is 0 Å². The largest absolute Gasteiger partial charge is 0.368 e. The Kier molecular flexibility index (Phi) is 5.23. The van der Waals surface area contributed by atoms with Gasteiger partial charge in [0.25, 0.3) is 0 Å². The van der Waals surface area contributed by atoms with E-state index in [9.17, 15) is 4.79 Å². The summed E-state index contributed by atoms with van der Waals surface area (Å²) < 4.78 is 0. The molecule has 0 fully saturated rings. The smallest absolute Gasteiger partial charge is 0.237 e. The quantitative estimate of drug-likeness (QED) is 0.613. The Labute approximate surface area is 113 Å². The van der Waals surface area contributed by atoms with E-state index in [1.165, 1.54) is 16.0 Å². The van der Waals surface area contributed by atoms with Crippen LogP contribution in [0.4, 0.5) is 0 Å². The molecule has 3 nitrogen and oxygen atoms in total. The van der Waals surface area contributed by atoms with Crippen LogP contribution < -0.4 is 11.5 Å². The average molecular weight is 266 g/mol. The number of carbonyl (C=O) groups excluding carboxylic acids is 1. The van der Waals surface area contributed by atoms with Crippen molar-refractivity contribution in [1.82, 2.24) is 0 Å². The summed E-state index contributed by atoms with van der Waals surface area (Å²) >= 11 is 1.80. The van der Waals surface area contributed by atoms with Crippen LogP contribution in [0.2, 0.25) is 0 Å². The second-order valence-corrected chi connectivity index (χ2v) is 6.14. The molecule has 0 heterocycles. The van der Waals surface area contributed by atoms with E-state index in [2.05, 4.69) is 32.0 Å². The van der Waals surface area contributed by atoms with Gasteiger partial charge in [-0.15, -0.1) is 11.8 Å². The predicted octanol–water partition coefficient (Wildman–Crippen LogP) is 2.38. The van der Waals surface area contributed by atoms with Crippen LogP contribution in [0.15, 0.2) is 23.1 Å². The Bertz CT molecular complexity index is 430. The standard InChI is InChI=1S/C14H22N2OS/c1-10-5-6-12(11(2)9-10)18-8-4-7-14(3,16)13(15)17/h5-6,9H,4,7-8,16H2,1-3H3,(H2,15,17). The van der Waals surface area contributed by atoms with Gasteiger partial charge in [-0.1, -0.05) is 17.7 Å². The molecule has 1 atom stereocenters. The van der Waals surface area contributed by atoms with Crippen LogP contribution >= 0.6 is 11.8 Å². The molecule has 100 valence electrons. The number of hydrogen-bond acceptors (Lipinski definition) is 3. The molecule has 0 saturated heterocycles. The molecule has 0 radical (unpaired) electrons. The van der Waals surface area contributed by atoms with Crippen molar-refractivity contribution in [3.63, 3.8) is 0 Å². The number of aryl methyl sites for hydroxylation is 2. The molecule has 1 aromatic carbocycles. The summed E-state index contributed by atoms with van der Waals surface area (Å²) in [5.41, 5.74) is 12.7. The molecule has 0 aliphatic rings. The molecule has 0 bridgehead atoms. The molecule has 1 amide bonds. The molecular formula is C14H22N2OS. The number of carbonyl (C=O) groups is 1. The molecule has 1 rings (SSSR count). The van der Waals surface area contributed by atoms with Gasteiger partial charge in [-0.05, 0) is 51.0 Å². The van der Waals surface area contributed by atoms with E-state index in [1.54, 1.807) is 18.7 Å². The second kappa shape index (κ2) is 6.25. The number of hydrogen-bond donors (Lipinski definition) is 2. The summed E-state index contributed by atoms with van der Waals surface area (Å²) in [5, 5.41) is 0. The van der Waals surface area contributed by atoms with E-state index in [0.29, 0.717) is 6.42 Å². The van der Waals surface area contributed by atoms with Crippen LogP contribution in [0.1, 0.15) is 30.9 Å². The third-order valence-corrected chi connectivity index (χ3v) is 4.25. The first-order chi connectivity index (χ1) is 8.33. The molecule has 0 aliphatic carbocycles. The van der Waals surface area contributed by atoms with Gasteiger partial charge in [-0.25, -0.2) is 0 Å². The van der Waals surface area contributed by atoms with Gasteiger partial charge in [0.05, 0.1) is 5.54 Å². The van der Waals surface area contributed by atoms with Gasteiger partial charge in [0.2, 0.25) is 5.91 Å². The van der Waals surface area contributed by atoms with Gasteiger partial charge in [0, 0.05) is 4.90 Å². The fourth-order valence-electron chi connectivity index (χ4n) is 1.71. The lowest BCUT2D eigenvalue weighted by atomic mass is 9.97. The highest BCUT2D eigenvalue weighted by molar-refractivity contribution is 7.99. The molecule has 1 unspecified atom stereocenters. The lowest BCUT2D eigenvalue weighted by Gasteiger charge is -2.19. The summed E-state index contributed by atoms with van der Waals surface area (Å²) in [4.78, 5) is 12.4. The number of benzene rings is 1. The molecule has 0 aliphatic heterocycles. The summed E-state index contributed by atoms with van der Waals surface area (Å²) in [5.74, 6) is 0.517. The third kappa shape index (κ3) is 4.35. The summed E-state index contributed by atoms with van der Waals surface area (Å²) in [7, 11) is 0. The Morgan fingerprint density at radius 1 is 1.39 bits per heavy atom. The first-order valence-corrected chi connectivity index (χ1v) is 7.10. The lowest BCUT2D eigenvalue weighted by molar-refractivity contribution is -0.122. The normalized spacial score (nSPS) is 14.2. The number of primary amides is 1. The third-order valence-electron chi connectivity index (χ3n) is 2.99. The minimum absolute atomic E-state index is 0.431. The van der Waals surface area contributed by atoms with Gasteiger partial charge < -0.3 is 11.5 Å². The zero-order valence-electron chi connectivity index (χ0n) is 11.3. The van der Waals surface area contributed by atoms with Gasteiger partial charge in [0.1, 0.15) is 0 Å². The molecule has 0 spiro atoms. The topological polar surface area (TPSA) is 69.1 Å². The fraction of sp³-hybridized carbons (Fsp3) is 0.500. The second-order valence-electron chi connectivity index (χ2n) is 5.00. The van der Waals surface area contributed by atoms with Crippen LogP contribution in [0.5, 0.6) is 0 Å². The first-order valence-electron chi connectivity index (χ1n) is 6.12. The number of amides is 1. The Morgan fingerprint density at radius 2 is 2.06 bits per heavy atom. The average Bonchev–Trinajstić information content (AvgIpc) is 2.26. The van der Waals surface area contributed by atoms with Crippen molar-refractivity contribution >= 4 is 17.7 Å². The van der Waals surface area contributed by atoms with Crippen molar-refractivity contribution in [1.29, 1.82) is 0 Å². The maximum Gasteiger partial charge on any atom is 0.237 e. The van der Waals surface area contributed by atoms with E-state index in [-0.39, 0.29) is 0 Å². The van der Waals surface area contributed by atoms with Crippen molar-refractivity contribution in [2.75, 3.05) is 5.75 Å². The van der Waals surface area contributed by atoms with Gasteiger partial charge in [0.15, 0.2) is 0 Å². The van der Waals surface area contributed by atoms with E-state index in [0.717, 1.165) is 12.2 Å². The summed E-state index contributed by atoms with van der Waals surface area (Å²) in [6.07, 6.45) is 1.51. The van der Waals surface area contributed by atoms with Crippen LogP contribution in [-0.4, -0.2) is 17.2 Å². The van der Waals surface area contributed by atoms with E-state index in [4.69, 9.17) is 11.5 Å². The first kappa shape index (κ1) is 15.1. The summed E-state index contributed by atoms with van der Waals surface area (Å²) in [6, 6.07) is 6.44. The molecule has 4 N–H and O–H groups in total. The molecule has 1 aromatic rings. The van der Waals surface area contributed by atoms with Crippen LogP contribution in [0.3, 0.4) is 0 Å². The minimum atomic E-state index is -0.886. The number of nitrogens with two attached hydrogens (primary N) is 2. The Balaban J connectivity index is 2.41. The zero-order valence-corrected chi connectivity index (χ0v) is 12.1. The number of thioether (sulfide) groups is 1. The van der Waals surface area contributed by atoms with Crippen LogP contribution in [0, 0.1) is 13.8 Å². The van der Waals surface area contributed by atoms with Gasteiger partial charge in [-0.2, -0.15) is 0 Å². The van der Waals surface area contributed by atoms with Gasteiger partial charge in [-0.3, -0.25) is 4.79 Å². The highest BCUT2D eigenvalue weighted by Crippen LogP contribution is 2.24. The fourth-order valence-corrected chi connectivity index (χ4v) is 2.67. The molecule has 0 saturated carbocycles. The Hall–Kier alpha value is -1.00. The van der Waals surface area contributed by atoms with E-state index >= 15 is 0 Å². The maximum atomic E-state index is 11.1. The highest BCUT2D eigenvalue weighted by atomic mass is 32.2. The Morgan fingerprint density at radius 3 is 2.61 bits per heavy atom. The van der Waals surface area contributed by atoms with E-state index < -0.39 is 11.4 Å². The van der Waals surface area contributed by atoms with E-state index in [1.807, 2.05) is 0 Å². The predicted molar refractivity (Wildman–Crippen MR) is 77.7 cm³/mol. The molecule has 18 heavy (non-hydrogen) atoms. The maximum absolute atomic E-state index is 11.1. The molecule has 0 aromatic heterocycles. The zero-order chi connectivity index (χ0) is 13.8. The monoisotopic (exact) mass is 266 g/mol.